The number of benzene rings is 1. The van der Waals surface area contributed by atoms with E-state index in [1.165, 1.54) is 5.56 Å². The standard InChI is InChI=1S/C14H18N4/c1-10(2)17-13-8-14(16-9-15-13)18-12-6-4-11(3)5-7-12/h4-10H,1-3H3,(H2,15,16,17,18). The van der Waals surface area contributed by atoms with Crippen molar-refractivity contribution in [3.8, 4) is 0 Å². The van der Waals surface area contributed by atoms with Gasteiger partial charge in [-0.25, -0.2) is 9.97 Å². The zero-order chi connectivity index (χ0) is 13.0. The Balaban J connectivity index is 2.11. The van der Waals surface area contributed by atoms with E-state index < -0.39 is 0 Å². The van der Waals surface area contributed by atoms with Crippen molar-refractivity contribution in [2.45, 2.75) is 26.8 Å². The van der Waals surface area contributed by atoms with Crippen LogP contribution in [0.4, 0.5) is 17.3 Å². The van der Waals surface area contributed by atoms with E-state index in [0.29, 0.717) is 6.04 Å². The SMILES string of the molecule is Cc1ccc(Nc2cc(NC(C)C)ncn2)cc1. The molecule has 0 saturated heterocycles. The fourth-order valence-electron chi connectivity index (χ4n) is 1.59. The number of nitrogens with zero attached hydrogens (tertiary/aromatic N) is 2. The van der Waals surface area contributed by atoms with Crippen molar-refractivity contribution in [3.05, 3.63) is 42.2 Å². The molecule has 0 aliphatic carbocycles. The van der Waals surface area contributed by atoms with Gasteiger partial charge in [0.2, 0.25) is 0 Å². The maximum Gasteiger partial charge on any atom is 0.135 e. The summed E-state index contributed by atoms with van der Waals surface area (Å²) in [6, 6.07) is 10.5. The van der Waals surface area contributed by atoms with E-state index in [9.17, 15) is 0 Å². The first-order valence-electron chi connectivity index (χ1n) is 6.06. The van der Waals surface area contributed by atoms with Gasteiger partial charge in [-0.15, -0.1) is 0 Å². The Labute approximate surface area is 107 Å². The first kappa shape index (κ1) is 12.4. The first-order chi connectivity index (χ1) is 8.63. The molecule has 0 fully saturated rings. The lowest BCUT2D eigenvalue weighted by molar-refractivity contribution is 0.886. The molecule has 2 N–H and O–H groups in total. The summed E-state index contributed by atoms with van der Waals surface area (Å²) in [6.07, 6.45) is 1.56. The molecule has 4 nitrogen and oxygen atoms in total. The molecule has 0 atom stereocenters. The summed E-state index contributed by atoms with van der Waals surface area (Å²) in [7, 11) is 0. The molecule has 94 valence electrons. The first-order valence-corrected chi connectivity index (χ1v) is 6.06. The summed E-state index contributed by atoms with van der Waals surface area (Å²) in [5.41, 5.74) is 2.26. The Morgan fingerprint density at radius 2 is 1.67 bits per heavy atom. The highest BCUT2D eigenvalue weighted by atomic mass is 15.1. The Morgan fingerprint density at radius 1 is 1.00 bits per heavy atom. The number of anilines is 3. The van der Waals surface area contributed by atoms with Gasteiger partial charge in [0.05, 0.1) is 0 Å². The normalized spacial score (nSPS) is 10.4. The number of aromatic nitrogens is 2. The second kappa shape index (κ2) is 5.49. The van der Waals surface area contributed by atoms with Gasteiger partial charge in [-0.3, -0.25) is 0 Å². The Kier molecular flexibility index (Phi) is 3.77. The van der Waals surface area contributed by atoms with Gasteiger partial charge in [-0.2, -0.15) is 0 Å². The van der Waals surface area contributed by atoms with Crippen LogP contribution < -0.4 is 10.6 Å². The topological polar surface area (TPSA) is 49.8 Å². The Morgan fingerprint density at radius 3 is 2.33 bits per heavy atom. The van der Waals surface area contributed by atoms with E-state index in [1.807, 2.05) is 18.2 Å². The molecule has 0 bridgehead atoms. The van der Waals surface area contributed by atoms with Crippen molar-refractivity contribution in [2.24, 2.45) is 0 Å². The lowest BCUT2D eigenvalue weighted by Gasteiger charge is -2.10. The Hall–Kier alpha value is -2.10. The predicted octanol–water partition coefficient (Wildman–Crippen LogP) is 3.35. The van der Waals surface area contributed by atoms with Crippen LogP contribution in [0.1, 0.15) is 19.4 Å². The fourth-order valence-corrected chi connectivity index (χ4v) is 1.59. The highest BCUT2D eigenvalue weighted by Gasteiger charge is 2.00. The summed E-state index contributed by atoms with van der Waals surface area (Å²) in [5, 5.41) is 6.50. The molecule has 0 radical (unpaired) electrons. The fraction of sp³-hybridized carbons (Fsp3) is 0.286. The van der Waals surface area contributed by atoms with Gasteiger partial charge in [-0.05, 0) is 32.9 Å². The summed E-state index contributed by atoms with van der Waals surface area (Å²) in [5.74, 6) is 1.62. The van der Waals surface area contributed by atoms with Gasteiger partial charge in [0.15, 0.2) is 0 Å². The van der Waals surface area contributed by atoms with E-state index in [1.54, 1.807) is 6.33 Å². The van der Waals surface area contributed by atoms with E-state index >= 15 is 0 Å². The second-order valence-electron chi connectivity index (χ2n) is 4.58. The van der Waals surface area contributed by atoms with Gasteiger partial charge in [0.25, 0.3) is 0 Å². The summed E-state index contributed by atoms with van der Waals surface area (Å²) in [4.78, 5) is 8.38. The molecule has 18 heavy (non-hydrogen) atoms. The number of aryl methyl sites for hydroxylation is 1. The molecule has 0 aliphatic heterocycles. The minimum atomic E-state index is 0.354. The van der Waals surface area contributed by atoms with Crippen molar-refractivity contribution in [3.63, 3.8) is 0 Å². The average molecular weight is 242 g/mol. The van der Waals surface area contributed by atoms with Crippen LogP contribution in [0.15, 0.2) is 36.7 Å². The lowest BCUT2D eigenvalue weighted by atomic mass is 10.2. The molecule has 2 aromatic rings. The van der Waals surface area contributed by atoms with Crippen LogP contribution >= 0.6 is 0 Å². The van der Waals surface area contributed by atoms with E-state index in [2.05, 4.69) is 53.5 Å². The van der Waals surface area contributed by atoms with Crippen LogP contribution in [-0.2, 0) is 0 Å². The molecule has 1 heterocycles. The summed E-state index contributed by atoms with van der Waals surface area (Å²) >= 11 is 0. The van der Waals surface area contributed by atoms with Crippen molar-refractivity contribution >= 4 is 17.3 Å². The lowest BCUT2D eigenvalue weighted by Crippen LogP contribution is -2.11. The van der Waals surface area contributed by atoms with Crippen molar-refractivity contribution in [1.82, 2.24) is 9.97 Å². The van der Waals surface area contributed by atoms with Gasteiger partial charge in [0.1, 0.15) is 18.0 Å². The summed E-state index contributed by atoms with van der Waals surface area (Å²) < 4.78 is 0. The third kappa shape index (κ3) is 3.45. The van der Waals surface area contributed by atoms with Gasteiger partial charge >= 0.3 is 0 Å². The minimum absolute atomic E-state index is 0.354. The van der Waals surface area contributed by atoms with Crippen LogP contribution in [0.25, 0.3) is 0 Å². The quantitative estimate of drug-likeness (QED) is 0.863. The molecule has 2 rings (SSSR count). The largest absolute Gasteiger partial charge is 0.368 e. The maximum atomic E-state index is 4.20. The van der Waals surface area contributed by atoms with Crippen LogP contribution in [0.2, 0.25) is 0 Å². The smallest absolute Gasteiger partial charge is 0.135 e. The molecule has 0 spiro atoms. The van der Waals surface area contributed by atoms with Crippen molar-refractivity contribution < 1.29 is 0 Å². The minimum Gasteiger partial charge on any atom is -0.368 e. The highest BCUT2D eigenvalue weighted by Crippen LogP contribution is 2.16. The Bertz CT molecular complexity index is 505. The molecule has 0 unspecified atom stereocenters. The van der Waals surface area contributed by atoms with Crippen LogP contribution in [0.3, 0.4) is 0 Å². The predicted molar refractivity (Wildman–Crippen MR) is 75.3 cm³/mol. The van der Waals surface area contributed by atoms with Crippen LogP contribution in [0, 0.1) is 6.92 Å². The summed E-state index contributed by atoms with van der Waals surface area (Å²) in [6.45, 7) is 6.23. The maximum absolute atomic E-state index is 4.20. The molecule has 1 aromatic heterocycles. The molecular weight excluding hydrogens is 224 g/mol. The van der Waals surface area contributed by atoms with E-state index in [-0.39, 0.29) is 0 Å². The number of rotatable bonds is 4. The van der Waals surface area contributed by atoms with Gasteiger partial charge in [-0.1, -0.05) is 17.7 Å². The van der Waals surface area contributed by atoms with Crippen molar-refractivity contribution in [2.75, 3.05) is 10.6 Å². The molecule has 0 amide bonds. The second-order valence-corrected chi connectivity index (χ2v) is 4.58. The third-order valence-corrected chi connectivity index (χ3v) is 2.43. The molecule has 0 aliphatic rings. The van der Waals surface area contributed by atoms with Crippen LogP contribution in [-0.4, -0.2) is 16.0 Å². The number of hydrogen-bond donors (Lipinski definition) is 2. The molecule has 1 aromatic carbocycles. The van der Waals surface area contributed by atoms with E-state index in [0.717, 1.165) is 17.3 Å². The van der Waals surface area contributed by atoms with Crippen molar-refractivity contribution in [1.29, 1.82) is 0 Å². The highest BCUT2D eigenvalue weighted by molar-refractivity contribution is 5.59. The zero-order valence-corrected chi connectivity index (χ0v) is 10.9. The van der Waals surface area contributed by atoms with E-state index in [4.69, 9.17) is 0 Å². The average Bonchev–Trinajstić information content (AvgIpc) is 2.32. The monoisotopic (exact) mass is 242 g/mol. The molecule has 0 saturated carbocycles. The van der Waals surface area contributed by atoms with Gasteiger partial charge < -0.3 is 10.6 Å². The van der Waals surface area contributed by atoms with Gasteiger partial charge in [0, 0.05) is 17.8 Å². The number of nitrogens with one attached hydrogen (secondary N) is 2. The van der Waals surface area contributed by atoms with Crippen LogP contribution in [0.5, 0.6) is 0 Å². The third-order valence-electron chi connectivity index (χ3n) is 2.43. The molecular formula is C14H18N4. The molecule has 4 heteroatoms. The number of hydrogen-bond acceptors (Lipinski definition) is 4. The zero-order valence-electron chi connectivity index (χ0n) is 10.9.